The average Bonchev–Trinajstić information content (AvgIpc) is 2.18. The van der Waals surface area contributed by atoms with Crippen LogP contribution in [0.5, 0.6) is 5.75 Å². The van der Waals surface area contributed by atoms with Crippen molar-refractivity contribution in [3.05, 3.63) is 29.8 Å². The molecular weight excluding hydrogens is 172 g/mol. The first-order chi connectivity index (χ1) is 6.76. The van der Waals surface area contributed by atoms with Crippen molar-refractivity contribution in [1.82, 2.24) is 0 Å². The van der Waals surface area contributed by atoms with Crippen molar-refractivity contribution < 1.29 is 4.74 Å². The Morgan fingerprint density at radius 3 is 2.79 bits per heavy atom. The SMILES string of the molecule is CCCC(C)Cc1cccc(OC)c1. The van der Waals surface area contributed by atoms with Crippen LogP contribution in [0.2, 0.25) is 0 Å². The lowest BCUT2D eigenvalue weighted by Crippen LogP contribution is -1.99. The van der Waals surface area contributed by atoms with E-state index in [1.54, 1.807) is 7.11 Å². The van der Waals surface area contributed by atoms with Gasteiger partial charge in [-0.2, -0.15) is 0 Å². The van der Waals surface area contributed by atoms with Crippen molar-refractivity contribution in [1.29, 1.82) is 0 Å². The van der Waals surface area contributed by atoms with Crippen molar-refractivity contribution in [3.8, 4) is 5.75 Å². The van der Waals surface area contributed by atoms with Gasteiger partial charge in [0.05, 0.1) is 7.11 Å². The number of benzene rings is 1. The second-order valence-corrected chi connectivity index (χ2v) is 3.95. The monoisotopic (exact) mass is 192 g/mol. The fourth-order valence-corrected chi connectivity index (χ4v) is 1.80. The molecule has 14 heavy (non-hydrogen) atoms. The first kappa shape index (κ1) is 11.1. The smallest absolute Gasteiger partial charge is 0.119 e. The molecule has 1 aromatic carbocycles. The Balaban J connectivity index is 2.57. The van der Waals surface area contributed by atoms with Crippen LogP contribution in [0, 0.1) is 5.92 Å². The van der Waals surface area contributed by atoms with Crippen LogP contribution in [0.3, 0.4) is 0 Å². The molecule has 0 heterocycles. The highest BCUT2D eigenvalue weighted by molar-refractivity contribution is 5.28. The van der Waals surface area contributed by atoms with E-state index in [9.17, 15) is 0 Å². The number of rotatable bonds is 5. The Hall–Kier alpha value is -0.980. The summed E-state index contributed by atoms with van der Waals surface area (Å²) >= 11 is 0. The van der Waals surface area contributed by atoms with E-state index in [2.05, 4.69) is 32.0 Å². The molecule has 0 aliphatic heterocycles. The molecule has 0 aromatic heterocycles. The lowest BCUT2D eigenvalue weighted by atomic mass is 9.97. The summed E-state index contributed by atoms with van der Waals surface area (Å²) in [7, 11) is 1.72. The minimum atomic E-state index is 0.770. The summed E-state index contributed by atoms with van der Waals surface area (Å²) in [6, 6.07) is 8.36. The maximum absolute atomic E-state index is 5.20. The second-order valence-electron chi connectivity index (χ2n) is 3.95. The Morgan fingerprint density at radius 1 is 1.36 bits per heavy atom. The van der Waals surface area contributed by atoms with Gasteiger partial charge in [-0.15, -0.1) is 0 Å². The summed E-state index contributed by atoms with van der Waals surface area (Å²) in [5.41, 5.74) is 1.38. The topological polar surface area (TPSA) is 9.23 Å². The molecule has 0 aliphatic rings. The van der Waals surface area contributed by atoms with E-state index in [1.165, 1.54) is 18.4 Å². The highest BCUT2D eigenvalue weighted by Crippen LogP contribution is 2.17. The van der Waals surface area contributed by atoms with Gasteiger partial charge < -0.3 is 4.74 Å². The Kier molecular flexibility index (Phi) is 4.51. The highest BCUT2D eigenvalue weighted by Gasteiger charge is 2.03. The van der Waals surface area contributed by atoms with E-state index < -0.39 is 0 Å². The zero-order chi connectivity index (χ0) is 10.4. The molecule has 78 valence electrons. The number of hydrogen-bond acceptors (Lipinski definition) is 1. The molecule has 1 heteroatoms. The predicted octanol–water partition coefficient (Wildman–Crippen LogP) is 3.67. The van der Waals surface area contributed by atoms with Crippen LogP contribution in [0.1, 0.15) is 32.3 Å². The first-order valence-electron chi connectivity index (χ1n) is 5.39. The largest absolute Gasteiger partial charge is 0.497 e. The minimum absolute atomic E-state index is 0.770. The quantitative estimate of drug-likeness (QED) is 0.691. The van der Waals surface area contributed by atoms with E-state index in [1.807, 2.05) is 6.07 Å². The number of ether oxygens (including phenoxy) is 1. The predicted molar refractivity (Wildman–Crippen MR) is 60.8 cm³/mol. The summed E-state index contributed by atoms with van der Waals surface area (Å²) in [4.78, 5) is 0. The fourth-order valence-electron chi connectivity index (χ4n) is 1.80. The van der Waals surface area contributed by atoms with Gasteiger partial charge in [-0.3, -0.25) is 0 Å². The molecule has 0 fully saturated rings. The molecule has 0 saturated carbocycles. The normalized spacial score (nSPS) is 12.5. The summed E-state index contributed by atoms with van der Waals surface area (Å²) in [5, 5.41) is 0. The lowest BCUT2D eigenvalue weighted by molar-refractivity contribution is 0.413. The van der Waals surface area contributed by atoms with Gasteiger partial charge in [-0.25, -0.2) is 0 Å². The van der Waals surface area contributed by atoms with E-state index in [0.29, 0.717) is 0 Å². The van der Waals surface area contributed by atoms with E-state index in [-0.39, 0.29) is 0 Å². The van der Waals surface area contributed by atoms with Gasteiger partial charge >= 0.3 is 0 Å². The molecule has 0 aliphatic carbocycles. The van der Waals surface area contributed by atoms with Crippen LogP contribution in [-0.4, -0.2) is 7.11 Å². The third kappa shape index (κ3) is 3.41. The molecule has 1 aromatic rings. The zero-order valence-corrected chi connectivity index (χ0v) is 9.42. The van der Waals surface area contributed by atoms with Crippen LogP contribution >= 0.6 is 0 Å². The van der Waals surface area contributed by atoms with Crippen LogP contribution < -0.4 is 4.74 Å². The van der Waals surface area contributed by atoms with Gasteiger partial charge in [0.2, 0.25) is 0 Å². The van der Waals surface area contributed by atoms with Crippen molar-refractivity contribution in [2.45, 2.75) is 33.1 Å². The van der Waals surface area contributed by atoms with Crippen LogP contribution in [0.15, 0.2) is 24.3 Å². The summed E-state index contributed by atoms with van der Waals surface area (Å²) in [6.45, 7) is 4.55. The molecule has 0 N–H and O–H groups in total. The molecule has 0 radical (unpaired) electrons. The van der Waals surface area contributed by atoms with Gasteiger partial charge in [-0.1, -0.05) is 38.8 Å². The molecule has 1 rings (SSSR count). The van der Waals surface area contributed by atoms with Crippen molar-refractivity contribution in [3.63, 3.8) is 0 Å². The highest BCUT2D eigenvalue weighted by atomic mass is 16.5. The molecular formula is C13H20O. The summed E-state index contributed by atoms with van der Waals surface area (Å²) in [5.74, 6) is 1.73. The number of hydrogen-bond donors (Lipinski definition) is 0. The first-order valence-corrected chi connectivity index (χ1v) is 5.39. The molecule has 0 spiro atoms. The van der Waals surface area contributed by atoms with Gasteiger partial charge in [0, 0.05) is 0 Å². The van der Waals surface area contributed by atoms with Gasteiger partial charge in [0.25, 0.3) is 0 Å². The van der Waals surface area contributed by atoms with E-state index in [0.717, 1.165) is 18.1 Å². The summed E-state index contributed by atoms with van der Waals surface area (Å²) < 4.78 is 5.20. The lowest BCUT2D eigenvalue weighted by Gasteiger charge is -2.10. The van der Waals surface area contributed by atoms with Crippen molar-refractivity contribution in [2.24, 2.45) is 5.92 Å². The average molecular weight is 192 g/mol. The fraction of sp³-hybridized carbons (Fsp3) is 0.538. The maximum atomic E-state index is 5.20. The second kappa shape index (κ2) is 5.69. The molecule has 1 atom stereocenters. The molecule has 1 nitrogen and oxygen atoms in total. The van der Waals surface area contributed by atoms with E-state index >= 15 is 0 Å². The van der Waals surface area contributed by atoms with Crippen LogP contribution in [-0.2, 0) is 6.42 Å². The van der Waals surface area contributed by atoms with E-state index in [4.69, 9.17) is 4.74 Å². The third-order valence-electron chi connectivity index (χ3n) is 2.50. The van der Waals surface area contributed by atoms with Crippen LogP contribution in [0.4, 0.5) is 0 Å². The molecule has 0 saturated heterocycles. The van der Waals surface area contributed by atoms with Gasteiger partial charge in [0.1, 0.15) is 5.75 Å². The van der Waals surface area contributed by atoms with Gasteiger partial charge in [0.15, 0.2) is 0 Å². The van der Waals surface area contributed by atoms with Gasteiger partial charge in [-0.05, 0) is 30.0 Å². The van der Waals surface area contributed by atoms with Crippen molar-refractivity contribution in [2.75, 3.05) is 7.11 Å². The zero-order valence-electron chi connectivity index (χ0n) is 9.42. The van der Waals surface area contributed by atoms with Crippen molar-refractivity contribution >= 4 is 0 Å². The Morgan fingerprint density at radius 2 is 2.14 bits per heavy atom. The molecule has 0 amide bonds. The Bertz CT molecular complexity index is 268. The standard InChI is InChI=1S/C13H20O/c1-4-6-11(2)9-12-7-5-8-13(10-12)14-3/h5,7-8,10-11H,4,6,9H2,1-3H3. The number of methoxy groups -OCH3 is 1. The minimum Gasteiger partial charge on any atom is -0.497 e. The third-order valence-corrected chi connectivity index (χ3v) is 2.50. The van der Waals surface area contributed by atoms with Crippen LogP contribution in [0.25, 0.3) is 0 Å². The molecule has 0 bridgehead atoms. The molecule has 1 unspecified atom stereocenters. The Labute approximate surface area is 87.1 Å². The summed E-state index contributed by atoms with van der Waals surface area (Å²) in [6.07, 6.45) is 3.73. The maximum Gasteiger partial charge on any atom is 0.119 e.